The molecule has 0 bridgehead atoms. The normalized spacial score (nSPS) is 10.5. The highest BCUT2D eigenvalue weighted by Crippen LogP contribution is 2.29. The van der Waals surface area contributed by atoms with Gasteiger partial charge in [0.1, 0.15) is 0 Å². The van der Waals surface area contributed by atoms with E-state index < -0.39 is 12.5 Å². The van der Waals surface area contributed by atoms with Crippen molar-refractivity contribution in [1.82, 2.24) is 0 Å². The quantitative estimate of drug-likeness (QED) is 0.857. The lowest BCUT2D eigenvalue weighted by molar-refractivity contribution is -0.0512. The van der Waals surface area contributed by atoms with Gasteiger partial charge in [0.2, 0.25) is 0 Å². The van der Waals surface area contributed by atoms with Crippen molar-refractivity contribution in [3.8, 4) is 11.5 Å². The van der Waals surface area contributed by atoms with Crippen LogP contribution in [-0.2, 0) is 6.61 Å². The fourth-order valence-electron chi connectivity index (χ4n) is 1.95. The average molecular weight is 323 g/mol. The SMILES string of the molecule is COc1cc(C(=O)Nc2cccc(CO)c2)ccc1OC(F)F. The number of amides is 1. The highest BCUT2D eigenvalue weighted by atomic mass is 19.3. The van der Waals surface area contributed by atoms with E-state index in [1.807, 2.05) is 0 Å². The minimum atomic E-state index is -2.98. The Hall–Kier alpha value is -2.67. The summed E-state index contributed by atoms with van der Waals surface area (Å²) in [5.74, 6) is -0.564. The van der Waals surface area contributed by atoms with Gasteiger partial charge in [-0.05, 0) is 35.9 Å². The van der Waals surface area contributed by atoms with Crippen LogP contribution in [0.3, 0.4) is 0 Å². The van der Waals surface area contributed by atoms with Gasteiger partial charge in [0.05, 0.1) is 13.7 Å². The van der Waals surface area contributed by atoms with Crippen LogP contribution in [0.2, 0.25) is 0 Å². The van der Waals surface area contributed by atoms with Crippen LogP contribution >= 0.6 is 0 Å². The molecule has 0 spiro atoms. The molecule has 7 heteroatoms. The number of benzene rings is 2. The van der Waals surface area contributed by atoms with Gasteiger partial charge in [0.15, 0.2) is 11.5 Å². The predicted molar refractivity (Wildman–Crippen MR) is 79.9 cm³/mol. The predicted octanol–water partition coefficient (Wildman–Crippen LogP) is 3.04. The maximum Gasteiger partial charge on any atom is 0.387 e. The van der Waals surface area contributed by atoms with Crippen molar-refractivity contribution < 1.29 is 28.2 Å². The highest BCUT2D eigenvalue weighted by molar-refractivity contribution is 6.04. The van der Waals surface area contributed by atoms with E-state index in [-0.39, 0.29) is 23.7 Å². The van der Waals surface area contributed by atoms with Crippen LogP contribution in [-0.4, -0.2) is 24.7 Å². The number of methoxy groups -OCH3 is 1. The minimum Gasteiger partial charge on any atom is -0.493 e. The zero-order valence-corrected chi connectivity index (χ0v) is 12.3. The average Bonchev–Trinajstić information content (AvgIpc) is 2.54. The zero-order chi connectivity index (χ0) is 16.8. The number of nitrogens with one attached hydrogen (secondary N) is 1. The zero-order valence-electron chi connectivity index (χ0n) is 12.3. The lowest BCUT2D eigenvalue weighted by Gasteiger charge is -2.12. The molecule has 0 aromatic heterocycles. The van der Waals surface area contributed by atoms with Crippen molar-refractivity contribution in [3.63, 3.8) is 0 Å². The lowest BCUT2D eigenvalue weighted by atomic mass is 10.1. The Morgan fingerprint density at radius 2 is 2.00 bits per heavy atom. The fraction of sp³-hybridized carbons (Fsp3) is 0.188. The summed E-state index contributed by atoms with van der Waals surface area (Å²) in [5.41, 5.74) is 1.38. The van der Waals surface area contributed by atoms with E-state index in [0.29, 0.717) is 11.3 Å². The van der Waals surface area contributed by atoms with Crippen LogP contribution < -0.4 is 14.8 Å². The molecule has 0 fully saturated rings. The highest BCUT2D eigenvalue weighted by Gasteiger charge is 2.14. The fourth-order valence-corrected chi connectivity index (χ4v) is 1.95. The number of hydrogen-bond donors (Lipinski definition) is 2. The number of hydrogen-bond acceptors (Lipinski definition) is 4. The van der Waals surface area contributed by atoms with Crippen molar-refractivity contribution in [3.05, 3.63) is 53.6 Å². The molecular formula is C16H15F2NO4. The molecule has 2 aromatic rings. The Kier molecular flexibility index (Phi) is 5.48. The number of carbonyl (C=O) groups excluding carboxylic acids is 1. The van der Waals surface area contributed by atoms with Crippen LogP contribution in [0.1, 0.15) is 15.9 Å². The first kappa shape index (κ1) is 16.7. The number of anilines is 1. The van der Waals surface area contributed by atoms with Gasteiger partial charge in [-0.15, -0.1) is 0 Å². The van der Waals surface area contributed by atoms with E-state index in [2.05, 4.69) is 10.1 Å². The van der Waals surface area contributed by atoms with E-state index in [9.17, 15) is 13.6 Å². The Balaban J connectivity index is 2.18. The molecule has 23 heavy (non-hydrogen) atoms. The number of halogens is 2. The number of carbonyl (C=O) groups is 1. The molecule has 0 radical (unpaired) electrons. The second-order valence-electron chi connectivity index (χ2n) is 4.56. The van der Waals surface area contributed by atoms with Gasteiger partial charge in [0, 0.05) is 11.3 Å². The van der Waals surface area contributed by atoms with E-state index in [0.717, 1.165) is 0 Å². The van der Waals surface area contributed by atoms with Gasteiger partial charge in [-0.3, -0.25) is 4.79 Å². The second kappa shape index (κ2) is 7.55. The van der Waals surface area contributed by atoms with Crippen LogP contribution in [0, 0.1) is 0 Å². The maximum atomic E-state index is 12.3. The van der Waals surface area contributed by atoms with Crippen molar-refractivity contribution in [2.75, 3.05) is 12.4 Å². The summed E-state index contributed by atoms with van der Waals surface area (Å²) >= 11 is 0. The molecule has 5 nitrogen and oxygen atoms in total. The Labute approximate surface area is 131 Å². The maximum absolute atomic E-state index is 12.3. The van der Waals surface area contributed by atoms with Crippen LogP contribution in [0.25, 0.3) is 0 Å². The largest absolute Gasteiger partial charge is 0.493 e. The van der Waals surface area contributed by atoms with Gasteiger partial charge in [-0.2, -0.15) is 8.78 Å². The van der Waals surface area contributed by atoms with E-state index >= 15 is 0 Å². The summed E-state index contributed by atoms with van der Waals surface area (Å²) < 4.78 is 33.8. The lowest BCUT2D eigenvalue weighted by Crippen LogP contribution is -2.12. The number of aliphatic hydroxyl groups is 1. The summed E-state index contributed by atoms with van der Waals surface area (Å²) in [6.07, 6.45) is 0. The molecule has 0 heterocycles. The summed E-state index contributed by atoms with van der Waals surface area (Å²) in [6.45, 7) is -3.12. The summed E-state index contributed by atoms with van der Waals surface area (Å²) in [5, 5.41) is 11.7. The molecule has 2 N–H and O–H groups in total. The Bertz CT molecular complexity index is 692. The van der Waals surface area contributed by atoms with Gasteiger partial charge in [-0.25, -0.2) is 0 Å². The number of aliphatic hydroxyl groups excluding tert-OH is 1. The topological polar surface area (TPSA) is 67.8 Å². The van der Waals surface area contributed by atoms with E-state index in [1.54, 1.807) is 24.3 Å². The molecule has 0 aliphatic rings. The minimum absolute atomic E-state index is 0.0297. The summed E-state index contributed by atoms with van der Waals surface area (Å²) in [6, 6.07) is 10.6. The molecule has 0 saturated heterocycles. The van der Waals surface area contributed by atoms with Crippen LogP contribution in [0.4, 0.5) is 14.5 Å². The van der Waals surface area contributed by atoms with Crippen LogP contribution in [0.15, 0.2) is 42.5 Å². The van der Waals surface area contributed by atoms with E-state index in [4.69, 9.17) is 9.84 Å². The van der Waals surface area contributed by atoms with Crippen molar-refractivity contribution in [2.24, 2.45) is 0 Å². The molecule has 0 unspecified atom stereocenters. The van der Waals surface area contributed by atoms with Gasteiger partial charge >= 0.3 is 6.61 Å². The van der Waals surface area contributed by atoms with Gasteiger partial charge in [0.25, 0.3) is 5.91 Å². The van der Waals surface area contributed by atoms with Crippen molar-refractivity contribution >= 4 is 11.6 Å². The number of ether oxygens (including phenoxy) is 2. The van der Waals surface area contributed by atoms with Crippen molar-refractivity contribution in [1.29, 1.82) is 0 Å². The third-order valence-corrected chi connectivity index (χ3v) is 3.01. The van der Waals surface area contributed by atoms with E-state index in [1.165, 1.54) is 25.3 Å². The molecule has 2 rings (SSSR count). The third-order valence-electron chi connectivity index (χ3n) is 3.01. The Morgan fingerprint density at radius 3 is 2.65 bits per heavy atom. The molecule has 0 aliphatic heterocycles. The monoisotopic (exact) mass is 323 g/mol. The smallest absolute Gasteiger partial charge is 0.387 e. The Morgan fingerprint density at radius 1 is 1.22 bits per heavy atom. The van der Waals surface area contributed by atoms with Crippen LogP contribution in [0.5, 0.6) is 11.5 Å². The second-order valence-corrected chi connectivity index (χ2v) is 4.56. The molecule has 0 saturated carbocycles. The molecule has 2 aromatic carbocycles. The first-order valence-corrected chi connectivity index (χ1v) is 6.67. The molecular weight excluding hydrogens is 308 g/mol. The molecule has 0 aliphatic carbocycles. The van der Waals surface area contributed by atoms with Gasteiger partial charge < -0.3 is 19.9 Å². The number of alkyl halides is 2. The standard InChI is InChI=1S/C16H15F2NO4/c1-22-14-8-11(5-6-13(14)23-16(17)18)15(21)19-12-4-2-3-10(7-12)9-20/h2-8,16,20H,9H2,1H3,(H,19,21). The summed E-state index contributed by atoms with van der Waals surface area (Å²) in [4.78, 5) is 12.2. The van der Waals surface area contributed by atoms with Gasteiger partial charge in [-0.1, -0.05) is 12.1 Å². The molecule has 1 amide bonds. The first-order chi connectivity index (χ1) is 11.0. The van der Waals surface area contributed by atoms with Crippen molar-refractivity contribution in [2.45, 2.75) is 13.2 Å². The molecule has 122 valence electrons. The number of rotatable bonds is 6. The summed E-state index contributed by atoms with van der Waals surface area (Å²) in [7, 11) is 1.29. The third kappa shape index (κ3) is 4.40. The molecule has 0 atom stereocenters. The first-order valence-electron chi connectivity index (χ1n) is 6.67.